The van der Waals surface area contributed by atoms with Crippen LogP contribution in [0.3, 0.4) is 0 Å². The molecule has 0 aliphatic heterocycles. The molecular formula is C26H25BrN2O4. The summed E-state index contributed by atoms with van der Waals surface area (Å²) >= 11 is 3.39. The molecule has 3 aromatic carbocycles. The van der Waals surface area contributed by atoms with Gasteiger partial charge in [-0.15, -0.1) is 0 Å². The Kier molecular flexibility index (Phi) is 8.38. The van der Waals surface area contributed by atoms with E-state index in [0.29, 0.717) is 28.5 Å². The number of benzene rings is 3. The molecule has 0 atom stereocenters. The number of hydrogen-bond acceptors (Lipinski definition) is 5. The molecule has 0 spiro atoms. The topological polar surface area (TPSA) is 77.0 Å². The van der Waals surface area contributed by atoms with E-state index in [1.54, 1.807) is 42.5 Å². The van der Waals surface area contributed by atoms with Gasteiger partial charge in [-0.2, -0.15) is 5.10 Å². The molecule has 33 heavy (non-hydrogen) atoms. The van der Waals surface area contributed by atoms with E-state index in [9.17, 15) is 9.59 Å². The smallest absolute Gasteiger partial charge is 0.343 e. The highest BCUT2D eigenvalue weighted by Gasteiger charge is 2.12. The third kappa shape index (κ3) is 7.02. The number of carbonyl (C=O) groups excluding carboxylic acids is 2. The van der Waals surface area contributed by atoms with Crippen molar-refractivity contribution in [1.82, 2.24) is 5.43 Å². The lowest BCUT2D eigenvalue weighted by Crippen LogP contribution is -2.24. The van der Waals surface area contributed by atoms with Crippen molar-refractivity contribution in [3.63, 3.8) is 0 Å². The molecule has 1 N–H and O–H groups in total. The molecule has 170 valence electrons. The van der Waals surface area contributed by atoms with Crippen LogP contribution in [0.15, 0.2) is 76.3 Å². The fraction of sp³-hybridized carbons (Fsp3) is 0.192. The highest BCUT2D eigenvalue weighted by Crippen LogP contribution is 2.24. The van der Waals surface area contributed by atoms with E-state index in [2.05, 4.69) is 46.4 Å². The molecule has 1 amide bonds. The summed E-state index contributed by atoms with van der Waals surface area (Å²) in [6.07, 6.45) is 1.42. The first-order valence-corrected chi connectivity index (χ1v) is 11.2. The van der Waals surface area contributed by atoms with Gasteiger partial charge in [-0.05, 0) is 60.4 Å². The van der Waals surface area contributed by atoms with Gasteiger partial charge in [-0.3, -0.25) is 4.79 Å². The molecule has 7 heteroatoms. The van der Waals surface area contributed by atoms with Gasteiger partial charge in [0.25, 0.3) is 5.91 Å². The van der Waals surface area contributed by atoms with E-state index < -0.39 is 11.9 Å². The maximum atomic E-state index is 12.4. The van der Waals surface area contributed by atoms with Crippen molar-refractivity contribution >= 4 is 34.0 Å². The Labute approximate surface area is 201 Å². The summed E-state index contributed by atoms with van der Waals surface area (Å²) in [5.74, 6) is 0.467. The fourth-order valence-electron chi connectivity index (χ4n) is 2.93. The Morgan fingerprint density at radius 3 is 2.52 bits per heavy atom. The maximum absolute atomic E-state index is 12.4. The summed E-state index contributed by atoms with van der Waals surface area (Å²) in [6, 6.07) is 19.8. The highest BCUT2D eigenvalue weighted by atomic mass is 79.9. The van der Waals surface area contributed by atoms with Crippen molar-refractivity contribution in [1.29, 1.82) is 0 Å². The molecule has 3 rings (SSSR count). The normalized spacial score (nSPS) is 10.9. The molecule has 3 aromatic rings. The van der Waals surface area contributed by atoms with Crippen molar-refractivity contribution < 1.29 is 19.1 Å². The average molecular weight is 509 g/mol. The van der Waals surface area contributed by atoms with Crippen LogP contribution in [-0.4, -0.2) is 24.7 Å². The lowest BCUT2D eigenvalue weighted by atomic mass is 10.0. The van der Waals surface area contributed by atoms with Gasteiger partial charge >= 0.3 is 5.97 Å². The monoisotopic (exact) mass is 508 g/mol. The molecule has 0 radical (unpaired) electrons. The van der Waals surface area contributed by atoms with E-state index in [1.807, 2.05) is 25.1 Å². The number of nitrogens with zero attached hydrogens (tertiary/aromatic N) is 1. The summed E-state index contributed by atoms with van der Waals surface area (Å²) in [5.41, 5.74) is 5.49. The Morgan fingerprint density at radius 1 is 1.03 bits per heavy atom. The van der Waals surface area contributed by atoms with E-state index in [0.717, 1.165) is 15.6 Å². The molecule has 0 bridgehead atoms. The summed E-state index contributed by atoms with van der Waals surface area (Å²) in [6.45, 7) is 5.96. The first-order valence-electron chi connectivity index (χ1n) is 10.5. The van der Waals surface area contributed by atoms with Crippen LogP contribution in [0.25, 0.3) is 0 Å². The Bertz CT molecular complexity index is 1160. The zero-order valence-electron chi connectivity index (χ0n) is 18.7. The minimum atomic E-state index is -0.482. The summed E-state index contributed by atoms with van der Waals surface area (Å²) in [7, 11) is 0. The average Bonchev–Trinajstić information content (AvgIpc) is 2.80. The summed E-state index contributed by atoms with van der Waals surface area (Å²) < 4.78 is 12.0. The fourth-order valence-corrected chi connectivity index (χ4v) is 3.31. The number of esters is 1. The number of aryl methyl sites for hydroxylation is 1. The number of nitrogens with one attached hydrogen (secondary N) is 1. The van der Waals surface area contributed by atoms with Crippen molar-refractivity contribution in [3.8, 4) is 11.5 Å². The van der Waals surface area contributed by atoms with Crippen LogP contribution in [0.2, 0.25) is 0 Å². The summed E-state index contributed by atoms with van der Waals surface area (Å²) in [4.78, 5) is 24.6. The highest BCUT2D eigenvalue weighted by molar-refractivity contribution is 9.10. The lowest BCUT2D eigenvalue weighted by molar-refractivity contribution is -0.123. The minimum absolute atomic E-state index is 0.173. The molecule has 0 aliphatic rings. The van der Waals surface area contributed by atoms with Gasteiger partial charge in [0.15, 0.2) is 6.61 Å². The van der Waals surface area contributed by atoms with E-state index >= 15 is 0 Å². The quantitative estimate of drug-likeness (QED) is 0.185. The molecule has 0 aromatic heterocycles. The van der Waals surface area contributed by atoms with Crippen molar-refractivity contribution in [2.24, 2.45) is 5.10 Å². The third-order valence-electron chi connectivity index (χ3n) is 4.81. The van der Waals surface area contributed by atoms with E-state index in [-0.39, 0.29) is 6.61 Å². The van der Waals surface area contributed by atoms with Crippen molar-refractivity contribution in [2.45, 2.75) is 26.7 Å². The van der Waals surface area contributed by atoms with Crippen LogP contribution in [-0.2, 0) is 4.79 Å². The first kappa shape index (κ1) is 24.2. The number of rotatable bonds is 8. The van der Waals surface area contributed by atoms with Gasteiger partial charge in [0.05, 0.1) is 11.8 Å². The summed E-state index contributed by atoms with van der Waals surface area (Å²) in [5, 5.41) is 3.99. The minimum Gasteiger partial charge on any atom is -0.483 e. The van der Waals surface area contributed by atoms with Gasteiger partial charge < -0.3 is 9.47 Å². The predicted octanol–water partition coefficient (Wildman–Crippen LogP) is 5.63. The van der Waals surface area contributed by atoms with Gasteiger partial charge in [-0.1, -0.05) is 60.1 Å². The second kappa shape index (κ2) is 11.4. The van der Waals surface area contributed by atoms with Crippen molar-refractivity contribution in [2.75, 3.05) is 6.61 Å². The van der Waals surface area contributed by atoms with Crippen LogP contribution < -0.4 is 14.9 Å². The van der Waals surface area contributed by atoms with Crippen LogP contribution in [0, 0.1) is 6.92 Å². The number of amides is 1. The van der Waals surface area contributed by atoms with Gasteiger partial charge in [0.1, 0.15) is 11.5 Å². The van der Waals surface area contributed by atoms with Crippen molar-refractivity contribution in [3.05, 3.63) is 93.5 Å². The first-order chi connectivity index (χ1) is 15.8. The number of hydrogen-bond donors (Lipinski definition) is 1. The number of hydrazone groups is 1. The Hall–Kier alpha value is -3.45. The molecule has 0 saturated carbocycles. The predicted molar refractivity (Wildman–Crippen MR) is 132 cm³/mol. The van der Waals surface area contributed by atoms with Gasteiger partial charge in [-0.25, -0.2) is 10.2 Å². The maximum Gasteiger partial charge on any atom is 0.343 e. The second-order valence-corrected chi connectivity index (χ2v) is 8.61. The number of carbonyl (C=O) groups is 2. The van der Waals surface area contributed by atoms with Gasteiger partial charge in [0, 0.05) is 10.0 Å². The van der Waals surface area contributed by atoms with Crippen LogP contribution in [0.1, 0.15) is 46.8 Å². The Balaban J connectivity index is 1.62. The molecule has 0 aliphatic carbocycles. The largest absolute Gasteiger partial charge is 0.483 e. The molecule has 6 nitrogen and oxygen atoms in total. The zero-order chi connectivity index (χ0) is 23.8. The molecule has 0 fully saturated rings. The SMILES string of the molecule is Cc1ccc(C(C)C)cc1OCC(=O)NN=Cc1cc(Br)ccc1OC(=O)c1ccccc1. The number of halogens is 1. The molecule has 0 heterocycles. The van der Waals surface area contributed by atoms with Crippen LogP contribution in [0.4, 0.5) is 0 Å². The number of ether oxygens (including phenoxy) is 2. The zero-order valence-corrected chi connectivity index (χ0v) is 20.3. The van der Waals surface area contributed by atoms with E-state index in [4.69, 9.17) is 9.47 Å². The molecule has 0 unspecified atom stereocenters. The van der Waals surface area contributed by atoms with Gasteiger partial charge in [0.2, 0.25) is 0 Å². The van der Waals surface area contributed by atoms with Crippen LogP contribution in [0.5, 0.6) is 11.5 Å². The molecular weight excluding hydrogens is 484 g/mol. The third-order valence-corrected chi connectivity index (χ3v) is 5.31. The van der Waals surface area contributed by atoms with Crippen LogP contribution >= 0.6 is 15.9 Å². The lowest BCUT2D eigenvalue weighted by Gasteiger charge is -2.12. The Morgan fingerprint density at radius 2 is 1.79 bits per heavy atom. The van der Waals surface area contributed by atoms with E-state index in [1.165, 1.54) is 6.21 Å². The standard InChI is InChI=1S/C26H25BrN2O4/c1-17(2)20-10-9-18(3)24(14-20)32-16-25(30)29-28-15-21-13-22(27)11-12-23(21)33-26(31)19-7-5-4-6-8-19/h4-15,17H,16H2,1-3H3,(H,29,30). The molecule has 0 saturated heterocycles. The second-order valence-electron chi connectivity index (χ2n) is 7.70.